The smallest absolute Gasteiger partial charge is 0.306 e. The highest BCUT2D eigenvalue weighted by molar-refractivity contribution is 6.30. The van der Waals surface area contributed by atoms with Crippen LogP contribution in [0.4, 0.5) is 5.69 Å². The van der Waals surface area contributed by atoms with Crippen LogP contribution in [0.15, 0.2) is 48.5 Å². The summed E-state index contributed by atoms with van der Waals surface area (Å²) in [5, 5.41) is 3.32. The number of halogens is 1. The van der Waals surface area contributed by atoms with Crippen molar-refractivity contribution in [3.05, 3.63) is 64.7 Å². The second-order valence-corrected chi connectivity index (χ2v) is 6.97. The maximum absolute atomic E-state index is 12.1. The Morgan fingerprint density at radius 3 is 2.39 bits per heavy atom. The molecule has 0 spiro atoms. The number of nitrogens with one attached hydrogen (secondary N) is 1. The van der Waals surface area contributed by atoms with Crippen molar-refractivity contribution in [2.45, 2.75) is 39.0 Å². The van der Waals surface area contributed by atoms with Crippen molar-refractivity contribution in [1.82, 2.24) is 0 Å². The fraction of sp³-hybridized carbons (Fsp3) is 0.318. The van der Waals surface area contributed by atoms with Gasteiger partial charge in [-0.3, -0.25) is 14.4 Å². The number of ketones is 1. The molecule has 0 aliphatic carbocycles. The summed E-state index contributed by atoms with van der Waals surface area (Å²) >= 11 is 5.78. The highest BCUT2D eigenvalue weighted by Crippen LogP contribution is 2.26. The van der Waals surface area contributed by atoms with Crippen molar-refractivity contribution in [2.75, 3.05) is 11.9 Å². The first kappa shape index (κ1) is 21.6. The number of hydrogen-bond donors (Lipinski definition) is 1. The Morgan fingerprint density at radius 2 is 1.71 bits per heavy atom. The number of Topliss-reactive ketones (excluding diaryl/α,β-unsaturated/α-hetero) is 1. The van der Waals surface area contributed by atoms with Crippen LogP contribution in [0.2, 0.25) is 5.02 Å². The lowest BCUT2D eigenvalue weighted by atomic mass is 9.97. The first-order valence-electron chi connectivity index (χ1n) is 9.23. The molecule has 0 unspecified atom stereocenters. The van der Waals surface area contributed by atoms with E-state index in [9.17, 15) is 14.4 Å². The summed E-state index contributed by atoms with van der Waals surface area (Å²) in [5.41, 5.74) is 2.24. The first-order valence-corrected chi connectivity index (χ1v) is 9.61. The zero-order valence-corrected chi connectivity index (χ0v) is 16.8. The van der Waals surface area contributed by atoms with Gasteiger partial charge in [-0.05, 0) is 48.2 Å². The molecule has 0 saturated heterocycles. The van der Waals surface area contributed by atoms with Crippen LogP contribution in [-0.4, -0.2) is 24.3 Å². The second-order valence-electron chi connectivity index (χ2n) is 6.54. The quantitative estimate of drug-likeness (QED) is 0.474. The Morgan fingerprint density at radius 1 is 1.04 bits per heavy atom. The summed E-state index contributed by atoms with van der Waals surface area (Å²) < 4.78 is 4.98. The maximum Gasteiger partial charge on any atom is 0.306 e. The van der Waals surface area contributed by atoms with Gasteiger partial charge in [-0.15, -0.1) is 0 Å². The number of carbonyl (C=O) groups is 3. The molecule has 2 rings (SSSR count). The van der Waals surface area contributed by atoms with Crippen LogP contribution in [0.5, 0.6) is 0 Å². The van der Waals surface area contributed by atoms with Crippen molar-refractivity contribution in [3.8, 4) is 0 Å². The molecular formula is C22H24ClNO4. The Hall–Kier alpha value is -2.66. The van der Waals surface area contributed by atoms with Crippen LogP contribution < -0.4 is 5.32 Å². The van der Waals surface area contributed by atoms with Gasteiger partial charge in [0, 0.05) is 22.7 Å². The number of esters is 1. The van der Waals surface area contributed by atoms with Gasteiger partial charge in [-0.2, -0.15) is 0 Å². The highest BCUT2D eigenvalue weighted by atomic mass is 35.5. The molecular weight excluding hydrogens is 378 g/mol. The number of hydrogen-bond acceptors (Lipinski definition) is 4. The van der Waals surface area contributed by atoms with Crippen molar-refractivity contribution < 1.29 is 19.1 Å². The molecule has 5 nitrogen and oxygen atoms in total. The predicted molar refractivity (Wildman–Crippen MR) is 110 cm³/mol. The molecule has 1 amide bonds. The summed E-state index contributed by atoms with van der Waals surface area (Å²) in [7, 11) is 0. The number of anilines is 1. The van der Waals surface area contributed by atoms with E-state index in [1.54, 1.807) is 24.3 Å². The van der Waals surface area contributed by atoms with E-state index in [0.717, 1.165) is 17.7 Å². The Bertz CT molecular complexity index is 833. The lowest BCUT2D eigenvalue weighted by Crippen LogP contribution is -2.22. The van der Waals surface area contributed by atoms with Crippen LogP contribution in [0, 0.1) is 0 Å². The summed E-state index contributed by atoms with van der Waals surface area (Å²) in [5.74, 6) is -0.876. The van der Waals surface area contributed by atoms with Gasteiger partial charge in [0.15, 0.2) is 12.4 Å². The van der Waals surface area contributed by atoms with Crippen LogP contribution in [-0.2, 0) is 14.3 Å². The Labute approximate surface area is 170 Å². The van der Waals surface area contributed by atoms with Gasteiger partial charge in [0.25, 0.3) is 5.91 Å². The third-order valence-corrected chi connectivity index (χ3v) is 4.72. The van der Waals surface area contributed by atoms with E-state index < -0.39 is 11.9 Å². The number of benzene rings is 2. The zero-order chi connectivity index (χ0) is 20.5. The molecule has 6 heteroatoms. The predicted octanol–water partition coefficient (Wildman–Crippen LogP) is 5.00. The molecule has 0 aliphatic rings. The highest BCUT2D eigenvalue weighted by Gasteiger charge is 2.14. The van der Waals surface area contributed by atoms with Gasteiger partial charge < -0.3 is 10.1 Å². The molecule has 0 aromatic heterocycles. The van der Waals surface area contributed by atoms with Crippen LogP contribution in [0.1, 0.15) is 54.9 Å². The first-order chi connectivity index (χ1) is 13.4. The number of carbonyl (C=O) groups excluding carboxylic acids is 3. The summed E-state index contributed by atoms with van der Waals surface area (Å²) in [4.78, 5) is 36.0. The van der Waals surface area contributed by atoms with Crippen molar-refractivity contribution in [1.29, 1.82) is 0 Å². The summed E-state index contributed by atoms with van der Waals surface area (Å²) in [6.07, 6.45) is 0.876. The lowest BCUT2D eigenvalue weighted by molar-refractivity contribution is -0.147. The minimum Gasteiger partial charge on any atom is -0.456 e. The largest absolute Gasteiger partial charge is 0.456 e. The number of amides is 1. The van der Waals surface area contributed by atoms with Crippen LogP contribution >= 0.6 is 11.6 Å². The monoisotopic (exact) mass is 401 g/mol. The maximum atomic E-state index is 12.1. The molecule has 1 N–H and O–H groups in total. The third-order valence-electron chi connectivity index (χ3n) is 4.46. The molecule has 0 fully saturated rings. The molecule has 148 valence electrons. The number of para-hydroxylation sites is 1. The molecule has 2 aromatic carbocycles. The van der Waals surface area contributed by atoms with Gasteiger partial charge in [0.05, 0.1) is 6.42 Å². The van der Waals surface area contributed by atoms with Gasteiger partial charge >= 0.3 is 5.97 Å². The van der Waals surface area contributed by atoms with Gasteiger partial charge in [0.1, 0.15) is 0 Å². The van der Waals surface area contributed by atoms with E-state index in [4.69, 9.17) is 16.3 Å². The van der Waals surface area contributed by atoms with Crippen molar-refractivity contribution in [3.63, 3.8) is 0 Å². The van der Waals surface area contributed by atoms with Gasteiger partial charge in [0.2, 0.25) is 0 Å². The average Bonchev–Trinajstić information content (AvgIpc) is 2.70. The third kappa shape index (κ3) is 6.50. The second kappa shape index (κ2) is 10.6. The Balaban J connectivity index is 1.79. The molecule has 0 bridgehead atoms. The van der Waals surface area contributed by atoms with E-state index in [1.165, 1.54) is 0 Å². The minimum atomic E-state index is -0.590. The van der Waals surface area contributed by atoms with E-state index >= 15 is 0 Å². The van der Waals surface area contributed by atoms with Gasteiger partial charge in [-0.25, -0.2) is 0 Å². The standard InChI is InChI=1S/C22H24ClNO4/c1-3-15(2)18-6-4-5-7-19(18)24-21(26)14-28-22(27)13-12-20(25)16-8-10-17(23)11-9-16/h4-11,15H,3,12-14H2,1-2H3,(H,24,26)/t15-/m1/s1. The van der Waals surface area contributed by atoms with Gasteiger partial charge in [-0.1, -0.05) is 43.6 Å². The zero-order valence-electron chi connectivity index (χ0n) is 16.0. The van der Waals surface area contributed by atoms with E-state index in [0.29, 0.717) is 16.5 Å². The molecule has 0 radical (unpaired) electrons. The number of rotatable bonds is 9. The molecule has 0 saturated carbocycles. The molecule has 0 aliphatic heterocycles. The van der Waals surface area contributed by atoms with E-state index in [1.807, 2.05) is 24.3 Å². The van der Waals surface area contributed by atoms with E-state index in [-0.39, 0.29) is 25.2 Å². The molecule has 0 heterocycles. The fourth-order valence-corrected chi connectivity index (χ4v) is 2.79. The van der Waals surface area contributed by atoms with Crippen molar-refractivity contribution >= 4 is 34.9 Å². The van der Waals surface area contributed by atoms with E-state index in [2.05, 4.69) is 19.2 Å². The SMILES string of the molecule is CC[C@@H](C)c1ccccc1NC(=O)COC(=O)CCC(=O)c1ccc(Cl)cc1. The summed E-state index contributed by atoms with van der Waals surface area (Å²) in [6.45, 7) is 3.78. The molecule has 1 atom stereocenters. The number of ether oxygens (including phenoxy) is 1. The van der Waals surface area contributed by atoms with Crippen LogP contribution in [0.3, 0.4) is 0 Å². The van der Waals surface area contributed by atoms with Crippen LogP contribution in [0.25, 0.3) is 0 Å². The fourth-order valence-electron chi connectivity index (χ4n) is 2.66. The average molecular weight is 402 g/mol. The topological polar surface area (TPSA) is 72.5 Å². The lowest BCUT2D eigenvalue weighted by Gasteiger charge is -2.15. The Kier molecular flexibility index (Phi) is 8.20. The van der Waals surface area contributed by atoms with Crippen molar-refractivity contribution in [2.24, 2.45) is 0 Å². The normalized spacial score (nSPS) is 11.5. The molecule has 2 aromatic rings. The molecule has 28 heavy (non-hydrogen) atoms. The minimum absolute atomic E-state index is 0.0128. The summed E-state index contributed by atoms with van der Waals surface area (Å²) in [6, 6.07) is 14.0.